The predicted molar refractivity (Wildman–Crippen MR) is 138 cm³/mol. The van der Waals surface area contributed by atoms with Gasteiger partial charge in [-0.25, -0.2) is 4.79 Å². The summed E-state index contributed by atoms with van der Waals surface area (Å²) < 4.78 is 5.27. The molecule has 8 nitrogen and oxygen atoms in total. The molecule has 2 aromatic carbocycles. The molecule has 35 heavy (non-hydrogen) atoms. The fraction of sp³-hybridized carbons (Fsp3) is 0.423. The zero-order chi connectivity index (χ0) is 26.0. The Morgan fingerprint density at radius 1 is 1.09 bits per heavy atom. The fourth-order valence-electron chi connectivity index (χ4n) is 3.50. The molecule has 2 atom stereocenters. The molecule has 0 fully saturated rings. The van der Waals surface area contributed by atoms with Crippen LogP contribution in [0.15, 0.2) is 54.6 Å². The molecule has 0 saturated heterocycles. The standard InChI is InChI=1S/C26H35N3O5S/c1-18-9-8-12-20(15-18)22(23(31)27-16-19-10-6-5-7-11-19)29(13-14-30)24(32)21(17-35)28-25(33)34-26(2,3)4/h5-12,15,21-22,30,35H,13-14,16-17H2,1-4H3,(H,27,31)(H,28,33). The molecule has 3 N–H and O–H groups in total. The van der Waals surface area contributed by atoms with E-state index in [0.29, 0.717) is 5.56 Å². The maximum absolute atomic E-state index is 13.6. The van der Waals surface area contributed by atoms with Crippen molar-refractivity contribution in [2.24, 2.45) is 0 Å². The van der Waals surface area contributed by atoms with Crippen LogP contribution in [0.5, 0.6) is 0 Å². The summed E-state index contributed by atoms with van der Waals surface area (Å²) in [6.07, 6.45) is -0.769. The summed E-state index contributed by atoms with van der Waals surface area (Å²) in [6, 6.07) is 14.6. The van der Waals surface area contributed by atoms with Crippen LogP contribution < -0.4 is 10.6 Å². The average molecular weight is 502 g/mol. The summed E-state index contributed by atoms with van der Waals surface area (Å²) in [7, 11) is 0. The van der Waals surface area contributed by atoms with E-state index in [4.69, 9.17) is 4.74 Å². The van der Waals surface area contributed by atoms with Crippen molar-refractivity contribution in [3.63, 3.8) is 0 Å². The van der Waals surface area contributed by atoms with Gasteiger partial charge in [-0.15, -0.1) is 0 Å². The predicted octanol–water partition coefficient (Wildman–Crippen LogP) is 3.00. The molecule has 0 radical (unpaired) electrons. The van der Waals surface area contributed by atoms with Gasteiger partial charge in [0.15, 0.2) is 0 Å². The average Bonchev–Trinajstić information content (AvgIpc) is 2.80. The zero-order valence-corrected chi connectivity index (χ0v) is 21.5. The third-order valence-electron chi connectivity index (χ3n) is 5.02. The number of benzene rings is 2. The van der Waals surface area contributed by atoms with Crippen molar-refractivity contribution in [1.29, 1.82) is 0 Å². The third-order valence-corrected chi connectivity index (χ3v) is 5.39. The summed E-state index contributed by atoms with van der Waals surface area (Å²) in [5, 5.41) is 15.2. The van der Waals surface area contributed by atoms with Crippen molar-refractivity contribution in [2.75, 3.05) is 18.9 Å². The lowest BCUT2D eigenvalue weighted by Crippen LogP contribution is -2.54. The molecule has 0 aliphatic heterocycles. The molecular weight excluding hydrogens is 466 g/mol. The highest BCUT2D eigenvalue weighted by Crippen LogP contribution is 2.24. The minimum atomic E-state index is -1.06. The fourth-order valence-corrected chi connectivity index (χ4v) is 3.75. The van der Waals surface area contributed by atoms with Crippen LogP contribution in [0.2, 0.25) is 0 Å². The van der Waals surface area contributed by atoms with E-state index >= 15 is 0 Å². The van der Waals surface area contributed by atoms with Crippen LogP contribution in [0.4, 0.5) is 4.79 Å². The van der Waals surface area contributed by atoms with Gasteiger partial charge in [0.2, 0.25) is 11.8 Å². The van der Waals surface area contributed by atoms with E-state index in [1.54, 1.807) is 32.9 Å². The van der Waals surface area contributed by atoms with Crippen molar-refractivity contribution < 1.29 is 24.2 Å². The number of ether oxygens (including phenoxy) is 1. The van der Waals surface area contributed by atoms with Crippen molar-refractivity contribution in [3.8, 4) is 0 Å². The molecule has 2 rings (SSSR count). The number of carbonyl (C=O) groups excluding carboxylic acids is 3. The van der Waals surface area contributed by atoms with Crippen molar-refractivity contribution >= 4 is 30.5 Å². The van der Waals surface area contributed by atoms with E-state index in [0.717, 1.165) is 11.1 Å². The number of thiol groups is 1. The van der Waals surface area contributed by atoms with Crippen LogP contribution >= 0.6 is 12.6 Å². The molecular formula is C26H35N3O5S. The maximum atomic E-state index is 13.6. The number of nitrogens with one attached hydrogen (secondary N) is 2. The first-order valence-electron chi connectivity index (χ1n) is 11.5. The van der Waals surface area contributed by atoms with Crippen LogP contribution in [0.1, 0.15) is 43.5 Å². The molecule has 2 aromatic rings. The molecule has 0 saturated carbocycles. The molecule has 0 aliphatic rings. The van der Waals surface area contributed by atoms with Crippen LogP contribution in [0.25, 0.3) is 0 Å². The number of aliphatic hydroxyl groups excluding tert-OH is 1. The first kappa shape index (κ1) is 28.2. The quantitative estimate of drug-likeness (QED) is 0.375. The molecule has 0 aromatic heterocycles. The Hall–Kier alpha value is -3.04. The topological polar surface area (TPSA) is 108 Å². The molecule has 0 heterocycles. The second-order valence-electron chi connectivity index (χ2n) is 9.16. The number of hydrogen-bond acceptors (Lipinski definition) is 6. The monoisotopic (exact) mass is 501 g/mol. The number of carbonyl (C=O) groups is 3. The molecule has 2 unspecified atom stereocenters. The number of aryl methyl sites for hydroxylation is 1. The summed E-state index contributed by atoms with van der Waals surface area (Å²) in [5.74, 6) is -0.982. The van der Waals surface area contributed by atoms with Crippen LogP contribution in [-0.2, 0) is 20.9 Å². The normalized spacial score (nSPS) is 12.9. The smallest absolute Gasteiger partial charge is 0.408 e. The summed E-state index contributed by atoms with van der Waals surface area (Å²) in [4.78, 5) is 40.6. The Kier molecular flexibility index (Phi) is 10.6. The maximum Gasteiger partial charge on any atom is 0.408 e. The lowest BCUT2D eigenvalue weighted by molar-refractivity contribution is -0.142. The van der Waals surface area contributed by atoms with Gasteiger partial charge < -0.3 is 25.4 Å². The van der Waals surface area contributed by atoms with E-state index in [9.17, 15) is 19.5 Å². The highest BCUT2D eigenvalue weighted by molar-refractivity contribution is 7.80. The summed E-state index contributed by atoms with van der Waals surface area (Å²) in [5.41, 5.74) is 1.66. The lowest BCUT2D eigenvalue weighted by atomic mass is 10.0. The van der Waals surface area contributed by atoms with Crippen molar-refractivity contribution in [1.82, 2.24) is 15.5 Å². The highest BCUT2D eigenvalue weighted by atomic mass is 32.1. The second-order valence-corrected chi connectivity index (χ2v) is 9.52. The number of aliphatic hydroxyl groups is 1. The highest BCUT2D eigenvalue weighted by Gasteiger charge is 2.35. The Morgan fingerprint density at radius 3 is 2.34 bits per heavy atom. The van der Waals surface area contributed by atoms with Gasteiger partial charge in [0.05, 0.1) is 6.61 Å². The molecule has 3 amide bonds. The van der Waals surface area contributed by atoms with Crippen molar-refractivity contribution in [3.05, 3.63) is 71.3 Å². The van der Waals surface area contributed by atoms with E-state index in [2.05, 4.69) is 23.3 Å². The van der Waals surface area contributed by atoms with Gasteiger partial charge in [-0.05, 0) is 38.8 Å². The van der Waals surface area contributed by atoms with Crippen LogP contribution in [-0.4, -0.2) is 58.5 Å². The van der Waals surface area contributed by atoms with E-state index in [-0.39, 0.29) is 25.4 Å². The van der Waals surface area contributed by atoms with Gasteiger partial charge >= 0.3 is 6.09 Å². The van der Waals surface area contributed by atoms with Gasteiger partial charge in [-0.2, -0.15) is 12.6 Å². The second kappa shape index (κ2) is 13.2. The summed E-state index contributed by atoms with van der Waals surface area (Å²) in [6.45, 7) is 6.83. The number of alkyl carbamates (subject to hydrolysis) is 1. The number of amides is 3. The van der Waals surface area contributed by atoms with Crippen LogP contribution in [0, 0.1) is 6.92 Å². The van der Waals surface area contributed by atoms with Gasteiger partial charge in [-0.3, -0.25) is 9.59 Å². The number of hydrogen-bond donors (Lipinski definition) is 4. The van der Waals surface area contributed by atoms with Crippen LogP contribution in [0.3, 0.4) is 0 Å². The Morgan fingerprint density at radius 2 is 1.77 bits per heavy atom. The third kappa shape index (κ3) is 8.92. The van der Waals surface area contributed by atoms with E-state index in [1.165, 1.54) is 4.90 Å². The molecule has 190 valence electrons. The zero-order valence-electron chi connectivity index (χ0n) is 20.7. The van der Waals surface area contributed by atoms with Crippen molar-refractivity contribution in [2.45, 2.75) is 51.9 Å². The minimum absolute atomic E-state index is 0.0217. The van der Waals surface area contributed by atoms with Gasteiger partial charge in [0, 0.05) is 18.8 Å². The largest absolute Gasteiger partial charge is 0.444 e. The molecule has 0 bridgehead atoms. The van der Waals surface area contributed by atoms with Gasteiger partial charge in [0.25, 0.3) is 0 Å². The Balaban J connectivity index is 2.35. The SMILES string of the molecule is Cc1cccc(C(C(=O)NCc2ccccc2)N(CCO)C(=O)C(CS)NC(=O)OC(C)(C)C)c1. The van der Waals surface area contributed by atoms with Gasteiger partial charge in [0.1, 0.15) is 17.7 Å². The van der Waals surface area contributed by atoms with E-state index < -0.39 is 35.6 Å². The first-order valence-corrected chi connectivity index (χ1v) is 12.1. The minimum Gasteiger partial charge on any atom is -0.444 e. The Labute approximate surface area is 212 Å². The molecule has 0 spiro atoms. The number of nitrogens with zero attached hydrogens (tertiary/aromatic N) is 1. The van der Waals surface area contributed by atoms with Gasteiger partial charge in [-0.1, -0.05) is 60.2 Å². The Bertz CT molecular complexity index is 994. The molecule has 0 aliphatic carbocycles. The first-order chi connectivity index (χ1) is 16.6. The number of rotatable bonds is 10. The van der Waals surface area contributed by atoms with E-state index in [1.807, 2.05) is 49.4 Å². The summed E-state index contributed by atoms with van der Waals surface area (Å²) >= 11 is 4.24. The lowest BCUT2D eigenvalue weighted by Gasteiger charge is -2.34. The molecule has 9 heteroatoms.